The van der Waals surface area contributed by atoms with Gasteiger partial charge in [-0.25, -0.2) is 0 Å². The van der Waals surface area contributed by atoms with Gasteiger partial charge in [-0.3, -0.25) is 4.79 Å². The first kappa shape index (κ1) is 12.6. The number of benzene rings is 1. The Morgan fingerprint density at radius 3 is 2.94 bits per heavy atom. The smallest absolute Gasteiger partial charge is 0.287 e. The second-order valence-corrected chi connectivity index (χ2v) is 4.67. The van der Waals surface area contributed by atoms with Crippen molar-refractivity contribution in [2.45, 2.75) is 26.3 Å². The van der Waals surface area contributed by atoms with Gasteiger partial charge in [0.05, 0.1) is 0 Å². The van der Waals surface area contributed by atoms with Gasteiger partial charge in [0.15, 0.2) is 5.76 Å². The Morgan fingerprint density at radius 1 is 1.44 bits per heavy atom. The molecule has 18 heavy (non-hydrogen) atoms. The molecule has 2 rings (SSSR count). The number of carbonyl (C=O) groups excluding carboxylic acids is 1. The first-order chi connectivity index (χ1) is 8.56. The third-order valence-electron chi connectivity index (χ3n) is 2.78. The Bertz CT molecular complexity index is 558. The highest BCUT2D eigenvalue weighted by atomic mass is 16.3. The highest BCUT2D eigenvalue weighted by Gasteiger charge is 2.11. The summed E-state index contributed by atoms with van der Waals surface area (Å²) >= 11 is 0. The van der Waals surface area contributed by atoms with Crippen LogP contribution >= 0.6 is 0 Å². The normalized spacial score (nSPS) is 12.6. The van der Waals surface area contributed by atoms with E-state index in [2.05, 4.69) is 5.32 Å². The number of hydrogen-bond donors (Lipinski definition) is 2. The number of carbonyl (C=O) groups is 1. The van der Waals surface area contributed by atoms with E-state index in [0.29, 0.717) is 12.3 Å². The number of aryl methyl sites for hydroxylation is 1. The molecule has 0 fully saturated rings. The summed E-state index contributed by atoms with van der Waals surface area (Å²) < 4.78 is 5.50. The van der Waals surface area contributed by atoms with E-state index >= 15 is 0 Å². The average Bonchev–Trinajstić information content (AvgIpc) is 2.71. The van der Waals surface area contributed by atoms with Gasteiger partial charge in [0.25, 0.3) is 5.91 Å². The van der Waals surface area contributed by atoms with Crippen LogP contribution < -0.4 is 11.1 Å². The van der Waals surface area contributed by atoms with Crippen LogP contribution in [-0.4, -0.2) is 18.5 Å². The van der Waals surface area contributed by atoms with Gasteiger partial charge in [0, 0.05) is 18.0 Å². The van der Waals surface area contributed by atoms with Crippen LogP contribution in [0.2, 0.25) is 0 Å². The predicted molar refractivity (Wildman–Crippen MR) is 71.6 cm³/mol. The second-order valence-electron chi connectivity index (χ2n) is 4.67. The fraction of sp³-hybridized carbons (Fsp3) is 0.357. The molecule has 3 N–H and O–H groups in total. The fourth-order valence-electron chi connectivity index (χ4n) is 1.78. The lowest BCUT2D eigenvalue weighted by Crippen LogP contribution is -2.28. The Balaban J connectivity index is 2.08. The molecule has 1 unspecified atom stereocenters. The molecule has 0 aliphatic carbocycles. The number of fused-ring (bicyclic) bond motifs is 1. The molecular weight excluding hydrogens is 228 g/mol. The topological polar surface area (TPSA) is 68.3 Å². The second kappa shape index (κ2) is 5.23. The van der Waals surface area contributed by atoms with Crippen LogP contribution in [0.25, 0.3) is 11.0 Å². The molecule has 0 radical (unpaired) electrons. The summed E-state index contributed by atoms with van der Waals surface area (Å²) in [5, 5.41) is 3.74. The van der Waals surface area contributed by atoms with Gasteiger partial charge < -0.3 is 15.5 Å². The number of rotatable bonds is 4. The van der Waals surface area contributed by atoms with Crippen LogP contribution in [0, 0.1) is 6.92 Å². The van der Waals surface area contributed by atoms with E-state index in [1.165, 1.54) is 0 Å². The van der Waals surface area contributed by atoms with Crippen molar-refractivity contribution in [3.63, 3.8) is 0 Å². The summed E-state index contributed by atoms with van der Waals surface area (Å²) in [5.74, 6) is 0.157. The lowest BCUT2D eigenvalue weighted by atomic mass is 10.2. The number of nitrogens with two attached hydrogens (primary N) is 1. The Morgan fingerprint density at radius 2 is 2.22 bits per heavy atom. The van der Waals surface area contributed by atoms with Crippen LogP contribution in [0.1, 0.15) is 29.5 Å². The van der Waals surface area contributed by atoms with Crippen molar-refractivity contribution in [3.8, 4) is 0 Å². The maximum atomic E-state index is 11.8. The molecule has 1 aromatic carbocycles. The summed E-state index contributed by atoms with van der Waals surface area (Å²) in [6, 6.07) is 7.69. The molecule has 96 valence electrons. The van der Waals surface area contributed by atoms with Crippen molar-refractivity contribution in [1.82, 2.24) is 5.32 Å². The van der Waals surface area contributed by atoms with Crippen molar-refractivity contribution in [2.24, 2.45) is 5.73 Å². The molecule has 0 spiro atoms. The van der Waals surface area contributed by atoms with E-state index in [-0.39, 0.29) is 11.9 Å². The van der Waals surface area contributed by atoms with E-state index in [1.54, 1.807) is 6.07 Å². The SMILES string of the molecule is Cc1ccc2oc(C(=O)NCCC(C)N)cc2c1. The zero-order valence-electron chi connectivity index (χ0n) is 10.7. The van der Waals surface area contributed by atoms with Crippen molar-refractivity contribution < 1.29 is 9.21 Å². The molecule has 0 saturated heterocycles. The minimum atomic E-state index is -0.190. The van der Waals surface area contributed by atoms with Crippen LogP contribution in [0.4, 0.5) is 0 Å². The maximum absolute atomic E-state index is 11.8. The minimum absolute atomic E-state index is 0.0867. The number of hydrogen-bond acceptors (Lipinski definition) is 3. The summed E-state index contributed by atoms with van der Waals surface area (Å²) in [5.41, 5.74) is 7.50. The number of amides is 1. The van der Waals surface area contributed by atoms with Crippen LogP contribution in [0.3, 0.4) is 0 Å². The Labute approximate surface area is 106 Å². The third-order valence-corrected chi connectivity index (χ3v) is 2.78. The van der Waals surface area contributed by atoms with Crippen molar-refractivity contribution >= 4 is 16.9 Å². The first-order valence-electron chi connectivity index (χ1n) is 6.10. The number of furan rings is 1. The fourth-order valence-corrected chi connectivity index (χ4v) is 1.78. The van der Waals surface area contributed by atoms with Gasteiger partial charge in [-0.1, -0.05) is 11.6 Å². The standard InChI is InChI=1S/C14H18N2O2/c1-9-3-4-12-11(7-9)8-13(18-12)14(17)16-6-5-10(2)15/h3-4,7-8,10H,5-6,15H2,1-2H3,(H,16,17). The summed E-state index contributed by atoms with van der Waals surface area (Å²) in [6.07, 6.45) is 0.755. The summed E-state index contributed by atoms with van der Waals surface area (Å²) in [4.78, 5) is 11.8. The predicted octanol–water partition coefficient (Wildman–Crippen LogP) is 2.21. The average molecular weight is 246 g/mol. The van der Waals surface area contributed by atoms with Gasteiger partial charge in [0.2, 0.25) is 0 Å². The highest BCUT2D eigenvalue weighted by molar-refractivity contribution is 5.96. The largest absolute Gasteiger partial charge is 0.451 e. The first-order valence-corrected chi connectivity index (χ1v) is 6.10. The van der Waals surface area contributed by atoms with Crippen molar-refractivity contribution in [1.29, 1.82) is 0 Å². The molecule has 0 bridgehead atoms. The van der Waals surface area contributed by atoms with Gasteiger partial charge in [-0.2, -0.15) is 0 Å². The van der Waals surface area contributed by atoms with Gasteiger partial charge in [-0.05, 0) is 38.5 Å². The Hall–Kier alpha value is -1.81. The molecule has 1 atom stereocenters. The van der Waals surface area contributed by atoms with Crippen LogP contribution in [0.5, 0.6) is 0 Å². The zero-order valence-corrected chi connectivity index (χ0v) is 10.7. The minimum Gasteiger partial charge on any atom is -0.451 e. The molecule has 1 amide bonds. The Kier molecular flexibility index (Phi) is 3.67. The molecule has 1 heterocycles. The molecule has 0 aliphatic rings. The zero-order chi connectivity index (χ0) is 13.1. The van der Waals surface area contributed by atoms with E-state index in [1.807, 2.05) is 32.0 Å². The maximum Gasteiger partial charge on any atom is 0.287 e. The number of nitrogens with one attached hydrogen (secondary N) is 1. The van der Waals surface area contributed by atoms with E-state index in [0.717, 1.165) is 23.0 Å². The lowest BCUT2D eigenvalue weighted by Gasteiger charge is -2.05. The molecule has 0 saturated carbocycles. The monoisotopic (exact) mass is 246 g/mol. The van der Waals surface area contributed by atoms with Crippen LogP contribution in [0.15, 0.2) is 28.7 Å². The van der Waals surface area contributed by atoms with E-state index in [4.69, 9.17) is 10.2 Å². The van der Waals surface area contributed by atoms with Gasteiger partial charge >= 0.3 is 0 Å². The van der Waals surface area contributed by atoms with Crippen molar-refractivity contribution in [2.75, 3.05) is 6.54 Å². The van der Waals surface area contributed by atoms with Gasteiger partial charge in [0.1, 0.15) is 5.58 Å². The molecule has 1 aromatic heterocycles. The highest BCUT2D eigenvalue weighted by Crippen LogP contribution is 2.20. The molecule has 4 heteroatoms. The summed E-state index contributed by atoms with van der Waals surface area (Å²) in [7, 11) is 0. The van der Waals surface area contributed by atoms with Crippen LogP contribution in [-0.2, 0) is 0 Å². The van der Waals surface area contributed by atoms with E-state index < -0.39 is 0 Å². The van der Waals surface area contributed by atoms with E-state index in [9.17, 15) is 4.79 Å². The lowest BCUT2D eigenvalue weighted by molar-refractivity contribution is 0.0927. The third kappa shape index (κ3) is 2.90. The molecule has 2 aromatic rings. The molecular formula is C14H18N2O2. The van der Waals surface area contributed by atoms with Gasteiger partial charge in [-0.15, -0.1) is 0 Å². The summed E-state index contributed by atoms with van der Waals surface area (Å²) in [6.45, 7) is 4.48. The van der Waals surface area contributed by atoms with Crippen molar-refractivity contribution in [3.05, 3.63) is 35.6 Å². The quantitative estimate of drug-likeness (QED) is 0.869. The molecule has 0 aliphatic heterocycles. The molecule has 4 nitrogen and oxygen atoms in total.